The summed E-state index contributed by atoms with van der Waals surface area (Å²) >= 11 is 1.35. The second kappa shape index (κ2) is 5.29. The van der Waals surface area contributed by atoms with Gasteiger partial charge in [0.25, 0.3) is 5.91 Å². The average Bonchev–Trinajstić information content (AvgIpc) is 2.88. The van der Waals surface area contributed by atoms with Gasteiger partial charge in [0.05, 0.1) is 5.57 Å². The number of hydrazone groups is 1. The van der Waals surface area contributed by atoms with Crippen LogP contribution < -0.4 is 0 Å². The molecule has 0 spiro atoms. The summed E-state index contributed by atoms with van der Waals surface area (Å²) in [5, 5.41) is 15.3. The second-order valence-electron chi connectivity index (χ2n) is 4.72. The van der Waals surface area contributed by atoms with E-state index in [1.165, 1.54) is 16.8 Å². The molecule has 0 atom stereocenters. The molecule has 0 fully saturated rings. The topological polar surface area (TPSA) is 68.9 Å². The van der Waals surface area contributed by atoms with E-state index in [1.54, 1.807) is 6.08 Å². The molecule has 106 valence electrons. The van der Waals surface area contributed by atoms with Crippen LogP contribution in [-0.4, -0.2) is 27.0 Å². The van der Waals surface area contributed by atoms with Gasteiger partial charge in [-0.1, -0.05) is 31.2 Å². The lowest BCUT2D eigenvalue weighted by atomic mass is 10.0. The van der Waals surface area contributed by atoms with Crippen molar-refractivity contribution >= 4 is 39.8 Å². The summed E-state index contributed by atoms with van der Waals surface area (Å²) in [6.45, 7) is 3.96. The van der Waals surface area contributed by atoms with Crippen LogP contribution in [0.15, 0.2) is 39.9 Å². The Morgan fingerprint density at radius 1 is 1.38 bits per heavy atom. The molecular weight excluding hydrogens is 284 g/mol. The quantitative estimate of drug-likeness (QED) is 0.853. The van der Waals surface area contributed by atoms with Gasteiger partial charge in [-0.05, 0) is 42.3 Å². The average molecular weight is 298 g/mol. The molecule has 1 N–H and O–H groups in total. The Labute approximate surface area is 127 Å². The first-order valence-corrected chi connectivity index (χ1v) is 7.46. The SMILES string of the molecule is CCC1=NN2C(=N)/C(=C/c3ccccc3C)C(=O)N=C2S1. The van der Waals surface area contributed by atoms with Gasteiger partial charge in [0.2, 0.25) is 5.17 Å². The van der Waals surface area contributed by atoms with Crippen molar-refractivity contribution in [2.45, 2.75) is 20.3 Å². The number of nitrogens with zero attached hydrogens (tertiary/aromatic N) is 3. The van der Waals surface area contributed by atoms with Crippen molar-refractivity contribution in [2.75, 3.05) is 0 Å². The second-order valence-corrected chi connectivity index (χ2v) is 5.76. The summed E-state index contributed by atoms with van der Waals surface area (Å²) in [5.74, 6) is -0.293. The Hall–Kier alpha value is -2.21. The number of thioether (sulfide) groups is 1. The van der Waals surface area contributed by atoms with E-state index >= 15 is 0 Å². The number of carbonyl (C=O) groups excluding carboxylic acids is 1. The maximum Gasteiger partial charge on any atom is 0.283 e. The molecule has 6 heteroatoms. The molecule has 2 aliphatic heterocycles. The van der Waals surface area contributed by atoms with Gasteiger partial charge in [0.1, 0.15) is 5.04 Å². The number of aryl methyl sites for hydroxylation is 1. The molecule has 2 heterocycles. The van der Waals surface area contributed by atoms with Gasteiger partial charge >= 0.3 is 0 Å². The molecule has 0 radical (unpaired) electrons. The highest BCUT2D eigenvalue weighted by Crippen LogP contribution is 2.29. The maximum absolute atomic E-state index is 12.2. The predicted octanol–water partition coefficient (Wildman–Crippen LogP) is 3.02. The molecule has 1 aromatic rings. The first-order valence-electron chi connectivity index (χ1n) is 6.65. The first-order chi connectivity index (χ1) is 10.1. The number of hydrogen-bond donors (Lipinski definition) is 1. The van der Waals surface area contributed by atoms with Crippen molar-refractivity contribution in [1.29, 1.82) is 5.41 Å². The maximum atomic E-state index is 12.2. The molecule has 0 aliphatic carbocycles. The molecule has 0 saturated carbocycles. The Morgan fingerprint density at radius 3 is 2.86 bits per heavy atom. The predicted molar refractivity (Wildman–Crippen MR) is 86.5 cm³/mol. The van der Waals surface area contributed by atoms with Gasteiger partial charge in [0.15, 0.2) is 5.84 Å². The molecule has 2 aliphatic rings. The fraction of sp³-hybridized carbons (Fsp3) is 0.200. The molecular formula is C15H14N4OS. The van der Waals surface area contributed by atoms with E-state index in [2.05, 4.69) is 10.1 Å². The summed E-state index contributed by atoms with van der Waals surface area (Å²) in [4.78, 5) is 16.2. The molecule has 5 nitrogen and oxygen atoms in total. The number of aliphatic imine (C=N–C) groups is 1. The van der Waals surface area contributed by atoms with Crippen LogP contribution in [0.1, 0.15) is 24.5 Å². The van der Waals surface area contributed by atoms with Crippen LogP contribution in [0.3, 0.4) is 0 Å². The Morgan fingerprint density at radius 2 is 2.14 bits per heavy atom. The fourth-order valence-corrected chi connectivity index (χ4v) is 2.90. The number of carbonyl (C=O) groups is 1. The smallest absolute Gasteiger partial charge is 0.282 e. The number of nitrogens with one attached hydrogen (secondary N) is 1. The monoisotopic (exact) mass is 298 g/mol. The zero-order valence-corrected chi connectivity index (χ0v) is 12.6. The summed E-state index contributed by atoms with van der Waals surface area (Å²) in [5.41, 5.74) is 2.24. The Balaban J connectivity index is 2.02. The minimum atomic E-state index is -0.380. The molecule has 0 bridgehead atoms. The highest BCUT2D eigenvalue weighted by molar-refractivity contribution is 8.26. The van der Waals surface area contributed by atoms with E-state index in [9.17, 15) is 4.79 Å². The Bertz CT molecular complexity index is 733. The third-order valence-electron chi connectivity index (χ3n) is 3.29. The fourth-order valence-electron chi connectivity index (χ4n) is 2.08. The van der Waals surface area contributed by atoms with Gasteiger partial charge in [-0.2, -0.15) is 15.1 Å². The molecule has 0 unspecified atom stereocenters. The Kier molecular flexibility index (Phi) is 3.47. The minimum Gasteiger partial charge on any atom is -0.282 e. The normalized spacial score (nSPS) is 19.7. The number of benzene rings is 1. The van der Waals surface area contributed by atoms with Gasteiger partial charge in [-0.3, -0.25) is 10.2 Å². The highest BCUT2D eigenvalue weighted by Gasteiger charge is 2.35. The lowest BCUT2D eigenvalue weighted by Gasteiger charge is -2.20. The van der Waals surface area contributed by atoms with Gasteiger partial charge in [-0.15, -0.1) is 0 Å². The van der Waals surface area contributed by atoms with Crippen LogP contribution in [0.2, 0.25) is 0 Å². The van der Waals surface area contributed by atoms with E-state index < -0.39 is 0 Å². The number of rotatable bonds is 2. The summed E-state index contributed by atoms with van der Waals surface area (Å²) in [7, 11) is 0. The van der Waals surface area contributed by atoms with Crippen LogP contribution in [0.4, 0.5) is 0 Å². The van der Waals surface area contributed by atoms with E-state index in [0.29, 0.717) is 5.17 Å². The van der Waals surface area contributed by atoms with Crippen LogP contribution in [0.25, 0.3) is 6.08 Å². The number of amides is 1. The zero-order chi connectivity index (χ0) is 15.0. The highest BCUT2D eigenvalue weighted by atomic mass is 32.2. The van der Waals surface area contributed by atoms with Crippen molar-refractivity contribution in [3.8, 4) is 0 Å². The first kappa shape index (κ1) is 13.8. The number of fused-ring (bicyclic) bond motifs is 1. The van der Waals surface area contributed by atoms with Gasteiger partial charge < -0.3 is 0 Å². The largest absolute Gasteiger partial charge is 0.283 e. The summed E-state index contributed by atoms with van der Waals surface area (Å²) in [6.07, 6.45) is 2.48. The minimum absolute atomic E-state index is 0.0872. The molecule has 0 saturated heterocycles. The van der Waals surface area contributed by atoms with Crippen molar-refractivity contribution in [3.05, 3.63) is 41.0 Å². The van der Waals surface area contributed by atoms with Crippen molar-refractivity contribution in [3.63, 3.8) is 0 Å². The van der Waals surface area contributed by atoms with Crippen LogP contribution in [0, 0.1) is 12.3 Å². The van der Waals surface area contributed by atoms with Crippen molar-refractivity contribution in [1.82, 2.24) is 5.01 Å². The molecule has 0 aromatic heterocycles. The van der Waals surface area contributed by atoms with Gasteiger partial charge in [-0.25, -0.2) is 0 Å². The lowest BCUT2D eigenvalue weighted by molar-refractivity contribution is -0.114. The lowest BCUT2D eigenvalue weighted by Crippen LogP contribution is -2.35. The van der Waals surface area contributed by atoms with E-state index in [0.717, 1.165) is 22.6 Å². The van der Waals surface area contributed by atoms with Crippen LogP contribution in [0.5, 0.6) is 0 Å². The van der Waals surface area contributed by atoms with Crippen LogP contribution >= 0.6 is 11.8 Å². The van der Waals surface area contributed by atoms with E-state index in [-0.39, 0.29) is 17.3 Å². The third-order valence-corrected chi connectivity index (χ3v) is 4.34. The zero-order valence-electron chi connectivity index (χ0n) is 11.8. The van der Waals surface area contributed by atoms with E-state index in [4.69, 9.17) is 5.41 Å². The summed E-state index contributed by atoms with van der Waals surface area (Å²) < 4.78 is 0. The number of amidine groups is 2. The third kappa shape index (κ3) is 2.42. The van der Waals surface area contributed by atoms with Gasteiger partial charge in [0, 0.05) is 0 Å². The van der Waals surface area contributed by atoms with Crippen LogP contribution in [-0.2, 0) is 4.79 Å². The molecule has 1 amide bonds. The molecule has 1 aromatic carbocycles. The standard InChI is InChI=1S/C15H14N4OS/c1-3-12-18-19-13(16)11(14(20)17-15(19)21-12)8-10-7-5-4-6-9(10)2/h4-8,16H,3H2,1-2H3/b11-8-,16-13?. The summed E-state index contributed by atoms with van der Waals surface area (Å²) in [6, 6.07) is 7.74. The molecule has 21 heavy (non-hydrogen) atoms. The van der Waals surface area contributed by atoms with E-state index in [1.807, 2.05) is 38.1 Å². The van der Waals surface area contributed by atoms with Crippen molar-refractivity contribution in [2.24, 2.45) is 10.1 Å². The number of hydrogen-bond acceptors (Lipinski definition) is 4. The van der Waals surface area contributed by atoms with Crippen molar-refractivity contribution < 1.29 is 4.79 Å². The molecule has 3 rings (SSSR count).